The van der Waals surface area contributed by atoms with E-state index in [1.54, 1.807) is 0 Å². The molecule has 0 aliphatic carbocycles. The molecule has 5 atom stereocenters. The molecule has 0 bridgehead atoms. The first kappa shape index (κ1) is 27.5. The summed E-state index contributed by atoms with van der Waals surface area (Å²) >= 11 is 11.0. The van der Waals surface area contributed by atoms with Crippen LogP contribution < -0.4 is 4.74 Å². The van der Waals surface area contributed by atoms with Crippen molar-refractivity contribution >= 4 is 68.7 Å². The molecule has 184 valence electrons. The molecule has 1 heterocycles. The van der Waals surface area contributed by atoms with E-state index in [1.165, 1.54) is 13.8 Å². The Labute approximate surface area is 232 Å². The SMILES string of the molecule is CCOc1ccc(Cc2cc(C3OC(CI)C(I)C(OC(C)=O)C3OC(C)=O)ccc2Cl)cc1. The van der Waals surface area contributed by atoms with Crippen molar-refractivity contribution in [3.8, 4) is 5.75 Å². The Balaban J connectivity index is 1.94. The van der Waals surface area contributed by atoms with Gasteiger partial charge in [0.2, 0.25) is 0 Å². The van der Waals surface area contributed by atoms with Gasteiger partial charge in [0.25, 0.3) is 0 Å². The van der Waals surface area contributed by atoms with Gasteiger partial charge in [-0.15, -0.1) is 0 Å². The first-order valence-electron chi connectivity index (χ1n) is 10.9. The smallest absolute Gasteiger partial charge is 0.303 e. The molecule has 3 rings (SSSR count). The number of alkyl halides is 2. The lowest BCUT2D eigenvalue weighted by Crippen LogP contribution is -2.55. The quantitative estimate of drug-likeness (QED) is 0.194. The highest BCUT2D eigenvalue weighted by molar-refractivity contribution is 14.1. The van der Waals surface area contributed by atoms with Gasteiger partial charge < -0.3 is 18.9 Å². The van der Waals surface area contributed by atoms with Gasteiger partial charge in [-0.05, 0) is 48.2 Å². The van der Waals surface area contributed by atoms with E-state index in [0.717, 1.165) is 22.4 Å². The maximum Gasteiger partial charge on any atom is 0.303 e. The van der Waals surface area contributed by atoms with Crippen molar-refractivity contribution in [3.05, 3.63) is 64.2 Å². The van der Waals surface area contributed by atoms with Crippen molar-refractivity contribution in [1.82, 2.24) is 0 Å². The zero-order valence-corrected chi connectivity index (χ0v) is 24.2. The van der Waals surface area contributed by atoms with Gasteiger partial charge >= 0.3 is 11.9 Å². The van der Waals surface area contributed by atoms with Crippen molar-refractivity contribution in [2.45, 2.75) is 55.5 Å². The highest BCUT2D eigenvalue weighted by Crippen LogP contribution is 2.40. The molecule has 0 saturated carbocycles. The second-order valence-corrected chi connectivity index (χ2v) is 10.7. The van der Waals surface area contributed by atoms with Crippen molar-refractivity contribution in [1.29, 1.82) is 0 Å². The minimum atomic E-state index is -0.776. The number of carbonyl (C=O) groups excluding carboxylic acids is 2. The van der Waals surface area contributed by atoms with Crippen molar-refractivity contribution in [2.24, 2.45) is 0 Å². The predicted molar refractivity (Wildman–Crippen MR) is 147 cm³/mol. The molecule has 2 aromatic carbocycles. The molecule has 6 nitrogen and oxygen atoms in total. The second kappa shape index (κ2) is 12.7. The number of hydrogen-bond donors (Lipinski definition) is 0. The Morgan fingerprint density at radius 1 is 1.03 bits per heavy atom. The van der Waals surface area contributed by atoms with Crippen molar-refractivity contribution in [2.75, 3.05) is 11.0 Å². The Morgan fingerprint density at radius 3 is 2.26 bits per heavy atom. The first-order chi connectivity index (χ1) is 16.2. The van der Waals surface area contributed by atoms with Gasteiger partial charge in [0.1, 0.15) is 11.9 Å². The second-order valence-electron chi connectivity index (χ2n) is 7.95. The maximum atomic E-state index is 12.0. The summed E-state index contributed by atoms with van der Waals surface area (Å²) in [5, 5.41) is 0.631. The Hall–Kier alpha value is -1.11. The fourth-order valence-corrected chi connectivity index (χ4v) is 6.83. The summed E-state index contributed by atoms with van der Waals surface area (Å²) < 4.78 is 23.7. The molecule has 1 fully saturated rings. The molecule has 0 spiro atoms. The highest BCUT2D eigenvalue weighted by atomic mass is 127. The minimum Gasteiger partial charge on any atom is -0.494 e. The van der Waals surface area contributed by atoms with Crippen LogP contribution >= 0.6 is 56.8 Å². The molecule has 0 radical (unpaired) electrons. The lowest BCUT2D eigenvalue weighted by atomic mass is 9.91. The average Bonchev–Trinajstić information content (AvgIpc) is 2.79. The number of ether oxygens (including phenoxy) is 4. The molecule has 0 amide bonds. The highest BCUT2D eigenvalue weighted by Gasteiger charge is 2.49. The standard InChI is InChI=1S/C25H27ClI2O6/c1-4-31-19-8-5-16(6-9-19)11-18-12-17(7-10-20(18)26)23-25(33-15(3)30)24(32-14(2)29)22(28)21(13-27)34-23/h5-10,12,21-25H,4,11,13H2,1-3H3. The van der Waals surface area contributed by atoms with Crippen molar-refractivity contribution in [3.63, 3.8) is 0 Å². The van der Waals surface area contributed by atoms with Gasteiger partial charge in [0.15, 0.2) is 12.2 Å². The summed E-state index contributed by atoms with van der Waals surface area (Å²) in [5.41, 5.74) is 2.81. The van der Waals surface area contributed by atoms with E-state index in [2.05, 4.69) is 45.2 Å². The van der Waals surface area contributed by atoms with Crippen LogP contribution in [0, 0.1) is 0 Å². The normalized spacial score (nSPS) is 24.4. The molecule has 2 aromatic rings. The van der Waals surface area contributed by atoms with Crippen LogP contribution in [0.2, 0.25) is 5.02 Å². The molecule has 9 heteroatoms. The van der Waals surface area contributed by atoms with E-state index in [0.29, 0.717) is 22.5 Å². The van der Waals surface area contributed by atoms with E-state index >= 15 is 0 Å². The number of esters is 2. The summed E-state index contributed by atoms with van der Waals surface area (Å²) in [5.74, 6) is -0.0690. The molecule has 1 aliphatic heterocycles. The number of carbonyl (C=O) groups is 2. The van der Waals surface area contributed by atoms with Gasteiger partial charge in [0, 0.05) is 23.3 Å². The lowest BCUT2D eigenvalue weighted by Gasteiger charge is -2.43. The molecule has 0 aromatic heterocycles. The third kappa shape index (κ3) is 6.98. The average molecular weight is 713 g/mol. The lowest BCUT2D eigenvalue weighted by molar-refractivity contribution is -0.201. The molecular weight excluding hydrogens is 686 g/mol. The molecule has 34 heavy (non-hydrogen) atoms. The third-order valence-electron chi connectivity index (χ3n) is 5.40. The largest absolute Gasteiger partial charge is 0.494 e. The summed E-state index contributed by atoms with van der Waals surface area (Å²) in [6.07, 6.45) is -1.59. The zero-order valence-electron chi connectivity index (χ0n) is 19.1. The fourth-order valence-electron chi connectivity index (χ4n) is 3.94. The van der Waals surface area contributed by atoms with Crippen LogP contribution in [0.3, 0.4) is 0 Å². The summed E-state index contributed by atoms with van der Waals surface area (Å²) in [4.78, 5) is 23.8. The zero-order chi connectivity index (χ0) is 24.8. The number of benzene rings is 2. The van der Waals surface area contributed by atoms with Gasteiger partial charge in [-0.3, -0.25) is 9.59 Å². The molecule has 1 saturated heterocycles. The topological polar surface area (TPSA) is 71.1 Å². The van der Waals surface area contributed by atoms with E-state index in [9.17, 15) is 9.59 Å². The van der Waals surface area contributed by atoms with Gasteiger partial charge in [-0.2, -0.15) is 0 Å². The number of hydrogen-bond acceptors (Lipinski definition) is 6. The minimum absolute atomic E-state index is 0.172. The Kier molecular flexibility index (Phi) is 10.3. The van der Waals surface area contributed by atoms with E-state index in [-0.39, 0.29) is 10.0 Å². The van der Waals surface area contributed by atoms with Gasteiger partial charge in [0.05, 0.1) is 16.6 Å². The number of rotatable bonds is 8. The predicted octanol–water partition coefficient (Wildman–Crippen LogP) is 5.87. The molecule has 1 aliphatic rings. The summed E-state index contributed by atoms with van der Waals surface area (Å²) in [7, 11) is 0. The molecule has 0 N–H and O–H groups in total. The number of halogens is 3. The van der Waals surface area contributed by atoms with Gasteiger partial charge in [-0.1, -0.05) is 81.0 Å². The van der Waals surface area contributed by atoms with Crippen LogP contribution in [0.5, 0.6) is 5.75 Å². The van der Waals surface area contributed by atoms with E-state index in [1.807, 2.05) is 49.4 Å². The van der Waals surface area contributed by atoms with Gasteiger partial charge in [-0.25, -0.2) is 0 Å². The first-order valence-corrected chi connectivity index (χ1v) is 14.1. The molecule has 5 unspecified atom stereocenters. The summed E-state index contributed by atoms with van der Waals surface area (Å²) in [6, 6.07) is 13.6. The summed E-state index contributed by atoms with van der Waals surface area (Å²) in [6.45, 7) is 5.26. The van der Waals surface area contributed by atoms with Crippen molar-refractivity contribution < 1.29 is 28.5 Å². The van der Waals surface area contributed by atoms with Crippen LogP contribution in [0.1, 0.15) is 43.6 Å². The van der Waals surface area contributed by atoms with Crippen LogP contribution in [0.25, 0.3) is 0 Å². The molecular formula is C25H27ClI2O6. The van der Waals surface area contributed by atoms with Crippen LogP contribution in [0.15, 0.2) is 42.5 Å². The fraction of sp³-hybridized carbons (Fsp3) is 0.440. The van der Waals surface area contributed by atoms with Crippen LogP contribution in [-0.2, 0) is 30.2 Å². The Bertz CT molecular complexity index is 999. The van der Waals surface area contributed by atoms with Crippen LogP contribution in [0.4, 0.5) is 0 Å². The maximum absolute atomic E-state index is 12.0. The van der Waals surface area contributed by atoms with E-state index < -0.39 is 30.3 Å². The van der Waals surface area contributed by atoms with E-state index in [4.69, 9.17) is 30.5 Å². The Morgan fingerprint density at radius 2 is 1.68 bits per heavy atom. The van der Waals surface area contributed by atoms with Crippen LogP contribution in [-0.4, -0.2) is 45.2 Å². The third-order valence-corrected chi connectivity index (χ3v) is 8.14. The monoisotopic (exact) mass is 712 g/mol.